The van der Waals surface area contributed by atoms with Crippen molar-refractivity contribution in [3.05, 3.63) is 40.4 Å². The number of para-hydroxylation sites is 1. The lowest BCUT2D eigenvalue weighted by molar-refractivity contribution is -0.134. The molecule has 0 aliphatic heterocycles. The maximum atomic E-state index is 13.1. The molecule has 2 rings (SSSR count). The van der Waals surface area contributed by atoms with Gasteiger partial charge in [0.05, 0.1) is 16.9 Å². The smallest absolute Gasteiger partial charge is 0.261 e. The van der Waals surface area contributed by atoms with Crippen molar-refractivity contribution >= 4 is 16.8 Å². The summed E-state index contributed by atoms with van der Waals surface area (Å²) >= 11 is 0. The number of fused-ring (bicyclic) bond motifs is 1. The largest absolute Gasteiger partial charge is 0.385 e. The fraction of sp³-hybridized carbons (Fsp3) is 0.591. The van der Waals surface area contributed by atoms with Crippen LogP contribution in [0.3, 0.4) is 0 Å². The number of methoxy groups -OCH3 is 1. The van der Waals surface area contributed by atoms with E-state index in [1.165, 1.54) is 0 Å². The maximum Gasteiger partial charge on any atom is 0.261 e. The Labute approximate surface area is 167 Å². The molecule has 1 aromatic heterocycles. The zero-order valence-corrected chi connectivity index (χ0v) is 17.6. The van der Waals surface area contributed by atoms with Crippen LogP contribution in [-0.2, 0) is 16.1 Å². The van der Waals surface area contributed by atoms with Crippen LogP contribution < -0.4 is 5.56 Å². The number of ether oxygens (including phenoxy) is 1. The van der Waals surface area contributed by atoms with Gasteiger partial charge in [-0.15, -0.1) is 0 Å². The van der Waals surface area contributed by atoms with Gasteiger partial charge in [-0.3, -0.25) is 14.2 Å². The molecule has 1 aromatic carbocycles. The van der Waals surface area contributed by atoms with Gasteiger partial charge in [0.15, 0.2) is 0 Å². The van der Waals surface area contributed by atoms with Crippen LogP contribution in [0.5, 0.6) is 0 Å². The van der Waals surface area contributed by atoms with Gasteiger partial charge in [0.2, 0.25) is 5.91 Å². The highest BCUT2D eigenvalue weighted by molar-refractivity contribution is 5.78. The van der Waals surface area contributed by atoms with Gasteiger partial charge in [-0.25, -0.2) is 4.98 Å². The van der Waals surface area contributed by atoms with Crippen molar-refractivity contribution in [3.63, 3.8) is 0 Å². The second-order valence-corrected chi connectivity index (χ2v) is 7.05. The molecule has 6 nitrogen and oxygen atoms in total. The monoisotopic (exact) mass is 387 g/mol. The van der Waals surface area contributed by atoms with Crippen molar-refractivity contribution in [1.82, 2.24) is 14.5 Å². The molecule has 1 amide bonds. The Hall–Kier alpha value is -2.21. The van der Waals surface area contributed by atoms with Crippen molar-refractivity contribution in [2.75, 3.05) is 20.3 Å². The van der Waals surface area contributed by atoms with E-state index in [1.54, 1.807) is 11.7 Å². The molecule has 0 aliphatic carbocycles. The van der Waals surface area contributed by atoms with Gasteiger partial charge in [0, 0.05) is 33.2 Å². The summed E-state index contributed by atoms with van der Waals surface area (Å²) in [7, 11) is 1.67. The lowest BCUT2D eigenvalue weighted by Gasteiger charge is -2.32. The summed E-state index contributed by atoms with van der Waals surface area (Å²) < 4.78 is 6.94. The van der Waals surface area contributed by atoms with Crippen LogP contribution in [-0.4, -0.2) is 40.6 Å². The molecule has 0 aliphatic rings. The average Bonchev–Trinajstić information content (AvgIpc) is 2.70. The fourth-order valence-electron chi connectivity index (χ4n) is 3.61. The molecule has 0 fully saturated rings. The van der Waals surface area contributed by atoms with Crippen LogP contribution >= 0.6 is 0 Å². The third-order valence-electron chi connectivity index (χ3n) is 4.93. The Balaban J connectivity index is 2.57. The molecule has 28 heavy (non-hydrogen) atoms. The Morgan fingerprint density at radius 3 is 2.61 bits per heavy atom. The lowest BCUT2D eigenvalue weighted by Crippen LogP contribution is -2.39. The number of amides is 1. The van der Waals surface area contributed by atoms with E-state index in [-0.39, 0.29) is 17.5 Å². The lowest BCUT2D eigenvalue weighted by atomic mass is 10.1. The molecule has 2 aromatic rings. The van der Waals surface area contributed by atoms with Crippen LogP contribution in [0.1, 0.15) is 64.7 Å². The van der Waals surface area contributed by atoms with Crippen molar-refractivity contribution in [2.24, 2.45) is 0 Å². The minimum absolute atomic E-state index is 0.0271. The van der Waals surface area contributed by atoms with Gasteiger partial charge < -0.3 is 9.64 Å². The topological polar surface area (TPSA) is 64.4 Å². The molecule has 6 heteroatoms. The Morgan fingerprint density at radius 1 is 1.21 bits per heavy atom. The molecular formula is C22H33N3O3. The van der Waals surface area contributed by atoms with E-state index in [0.29, 0.717) is 49.3 Å². The number of aromatic nitrogens is 2. The SMILES string of the molecule is CCCC(=O)N(CCCOC)C(CC)c1nc2ccccc2c(=O)n1CCC. The number of nitrogens with zero attached hydrogens (tertiary/aromatic N) is 3. The average molecular weight is 388 g/mol. The minimum atomic E-state index is -0.222. The van der Waals surface area contributed by atoms with Gasteiger partial charge in [-0.05, 0) is 37.8 Å². The van der Waals surface area contributed by atoms with Gasteiger partial charge in [0.1, 0.15) is 5.82 Å². The van der Waals surface area contributed by atoms with Crippen LogP contribution in [0, 0.1) is 0 Å². The van der Waals surface area contributed by atoms with Crippen molar-refractivity contribution in [2.45, 2.75) is 65.5 Å². The third-order valence-corrected chi connectivity index (χ3v) is 4.93. The summed E-state index contributed by atoms with van der Waals surface area (Å²) in [6.45, 7) is 7.89. The van der Waals surface area contributed by atoms with E-state index >= 15 is 0 Å². The first-order chi connectivity index (χ1) is 13.6. The second-order valence-electron chi connectivity index (χ2n) is 7.05. The Bertz CT molecular complexity index is 831. The maximum absolute atomic E-state index is 13.1. The number of hydrogen-bond donors (Lipinski definition) is 0. The van der Waals surface area contributed by atoms with E-state index in [0.717, 1.165) is 19.3 Å². The summed E-state index contributed by atoms with van der Waals surface area (Å²) in [5, 5.41) is 0.625. The molecule has 0 N–H and O–H groups in total. The molecule has 0 spiro atoms. The standard InChI is InChI=1S/C22H33N3O3/c1-5-11-20(26)24(15-10-16-28-4)19(7-3)21-23-18-13-9-8-12-17(18)22(27)25(21)14-6-2/h8-9,12-13,19H,5-7,10-11,14-16H2,1-4H3. The highest BCUT2D eigenvalue weighted by Gasteiger charge is 2.27. The third kappa shape index (κ3) is 4.98. The molecule has 0 saturated carbocycles. The molecule has 1 atom stereocenters. The number of hydrogen-bond acceptors (Lipinski definition) is 4. The van der Waals surface area contributed by atoms with Crippen LogP contribution in [0.25, 0.3) is 10.9 Å². The molecule has 0 saturated heterocycles. The highest BCUT2D eigenvalue weighted by Crippen LogP contribution is 2.25. The van der Waals surface area contributed by atoms with E-state index < -0.39 is 0 Å². The van der Waals surface area contributed by atoms with Crippen LogP contribution in [0.4, 0.5) is 0 Å². The van der Waals surface area contributed by atoms with Crippen molar-refractivity contribution < 1.29 is 9.53 Å². The zero-order chi connectivity index (χ0) is 20.5. The number of carbonyl (C=O) groups excluding carboxylic acids is 1. The minimum Gasteiger partial charge on any atom is -0.385 e. The predicted octanol–water partition coefficient (Wildman–Crippen LogP) is 3.92. The number of carbonyl (C=O) groups is 1. The zero-order valence-electron chi connectivity index (χ0n) is 17.6. The second kappa shape index (κ2) is 11.0. The van der Waals surface area contributed by atoms with Gasteiger partial charge in [-0.2, -0.15) is 0 Å². The number of benzene rings is 1. The molecule has 1 unspecified atom stereocenters. The first kappa shape index (κ1) is 22.1. The van der Waals surface area contributed by atoms with Gasteiger partial charge >= 0.3 is 0 Å². The quantitative estimate of drug-likeness (QED) is 0.548. The van der Waals surface area contributed by atoms with E-state index in [9.17, 15) is 9.59 Å². The molecule has 0 bridgehead atoms. The van der Waals surface area contributed by atoms with Gasteiger partial charge in [-0.1, -0.05) is 32.9 Å². The first-order valence-corrected chi connectivity index (χ1v) is 10.4. The first-order valence-electron chi connectivity index (χ1n) is 10.4. The van der Waals surface area contributed by atoms with E-state index in [4.69, 9.17) is 9.72 Å². The molecular weight excluding hydrogens is 354 g/mol. The normalized spacial score (nSPS) is 12.3. The van der Waals surface area contributed by atoms with Gasteiger partial charge in [0.25, 0.3) is 5.56 Å². The molecule has 1 heterocycles. The summed E-state index contributed by atoms with van der Waals surface area (Å²) in [6, 6.07) is 7.22. The van der Waals surface area contributed by atoms with Crippen molar-refractivity contribution in [3.8, 4) is 0 Å². The van der Waals surface area contributed by atoms with Crippen LogP contribution in [0.2, 0.25) is 0 Å². The Kier molecular flexibility index (Phi) is 8.64. The summed E-state index contributed by atoms with van der Waals surface area (Å²) in [5.74, 6) is 0.797. The summed E-state index contributed by atoms with van der Waals surface area (Å²) in [5.41, 5.74) is 0.661. The summed E-state index contributed by atoms with van der Waals surface area (Å²) in [4.78, 5) is 32.8. The molecule has 0 radical (unpaired) electrons. The van der Waals surface area contributed by atoms with Crippen LogP contribution in [0.15, 0.2) is 29.1 Å². The fourth-order valence-corrected chi connectivity index (χ4v) is 3.61. The predicted molar refractivity (Wildman–Crippen MR) is 112 cm³/mol. The molecule has 154 valence electrons. The van der Waals surface area contributed by atoms with E-state index in [2.05, 4.69) is 0 Å². The Morgan fingerprint density at radius 2 is 1.96 bits per heavy atom. The highest BCUT2D eigenvalue weighted by atomic mass is 16.5. The van der Waals surface area contributed by atoms with E-state index in [1.807, 2.05) is 49.9 Å². The summed E-state index contributed by atoms with van der Waals surface area (Å²) in [6.07, 6.45) is 3.58. The number of rotatable bonds is 11. The van der Waals surface area contributed by atoms with Crippen molar-refractivity contribution in [1.29, 1.82) is 0 Å².